The van der Waals surface area contributed by atoms with Gasteiger partial charge >= 0.3 is 0 Å². The number of aliphatic hydroxyl groups excluding tert-OH is 1. The lowest BCUT2D eigenvalue weighted by Crippen LogP contribution is -2.14. The molecule has 0 aliphatic carbocycles. The average Bonchev–Trinajstić information content (AvgIpc) is 2.25. The molecular weight excluding hydrogens is 248 g/mol. The minimum absolute atomic E-state index is 0.175. The Morgan fingerprint density at radius 1 is 1.64 bits per heavy atom. The molecule has 1 N–H and O–H groups in total. The van der Waals surface area contributed by atoms with Crippen LogP contribution in [0.1, 0.15) is 5.69 Å². The van der Waals surface area contributed by atoms with Crippen molar-refractivity contribution in [2.45, 2.75) is 6.10 Å². The van der Waals surface area contributed by atoms with Gasteiger partial charge in [-0.25, -0.2) is 0 Å². The van der Waals surface area contributed by atoms with Gasteiger partial charge in [0, 0.05) is 11.5 Å². The number of nitrogens with zero attached hydrogens (tertiary/aromatic N) is 2. The van der Waals surface area contributed by atoms with Crippen molar-refractivity contribution < 1.29 is 9.94 Å². The van der Waals surface area contributed by atoms with Gasteiger partial charge in [-0.1, -0.05) is 27.2 Å². The van der Waals surface area contributed by atoms with Gasteiger partial charge in [-0.3, -0.25) is 4.98 Å². The Morgan fingerprint density at radius 3 is 3.14 bits per heavy atom. The molecule has 0 radical (unpaired) electrons. The summed E-state index contributed by atoms with van der Waals surface area (Å²) in [4.78, 5) is 8.85. The molecule has 0 saturated heterocycles. The van der Waals surface area contributed by atoms with E-state index < -0.39 is 6.10 Å². The first-order chi connectivity index (χ1) is 6.83. The van der Waals surface area contributed by atoms with E-state index in [4.69, 9.17) is 9.94 Å². The van der Waals surface area contributed by atoms with Crippen molar-refractivity contribution >= 4 is 22.1 Å². The van der Waals surface area contributed by atoms with Crippen LogP contribution < -0.4 is 0 Å². The van der Waals surface area contributed by atoms with E-state index in [0.717, 1.165) is 5.69 Å². The number of rotatable bonds is 5. The molecule has 0 amide bonds. The van der Waals surface area contributed by atoms with Crippen LogP contribution in [0.25, 0.3) is 0 Å². The van der Waals surface area contributed by atoms with Crippen LogP contribution >= 0.6 is 15.9 Å². The Morgan fingerprint density at radius 2 is 2.50 bits per heavy atom. The molecule has 14 heavy (non-hydrogen) atoms. The van der Waals surface area contributed by atoms with Gasteiger partial charge in [0.15, 0.2) is 0 Å². The summed E-state index contributed by atoms with van der Waals surface area (Å²) in [6.07, 6.45) is 2.64. The molecule has 0 bridgehead atoms. The molecule has 1 unspecified atom stereocenters. The molecule has 1 aromatic heterocycles. The van der Waals surface area contributed by atoms with Crippen molar-refractivity contribution in [1.82, 2.24) is 4.98 Å². The summed E-state index contributed by atoms with van der Waals surface area (Å²) in [7, 11) is 0. The second-order valence-corrected chi connectivity index (χ2v) is 3.24. The van der Waals surface area contributed by atoms with Gasteiger partial charge in [0.1, 0.15) is 12.7 Å². The Hall–Kier alpha value is -0.940. The quantitative estimate of drug-likeness (QED) is 0.491. The molecule has 0 fully saturated rings. The lowest BCUT2D eigenvalue weighted by molar-refractivity contribution is 0.0538. The molecule has 76 valence electrons. The van der Waals surface area contributed by atoms with Gasteiger partial charge < -0.3 is 9.94 Å². The maximum absolute atomic E-state index is 9.09. The topological polar surface area (TPSA) is 54.7 Å². The Labute approximate surface area is 90.7 Å². The zero-order valence-electron chi connectivity index (χ0n) is 7.51. The van der Waals surface area contributed by atoms with E-state index in [0.29, 0.717) is 5.33 Å². The Bertz CT molecular complexity index is 279. The lowest BCUT2D eigenvalue weighted by atomic mass is 10.4. The van der Waals surface area contributed by atoms with E-state index in [9.17, 15) is 0 Å². The van der Waals surface area contributed by atoms with Gasteiger partial charge in [-0.05, 0) is 12.1 Å². The molecule has 5 heteroatoms. The van der Waals surface area contributed by atoms with Crippen LogP contribution in [-0.2, 0) is 4.84 Å². The third kappa shape index (κ3) is 4.34. The maximum Gasteiger partial charge on any atom is 0.143 e. The highest BCUT2D eigenvalue weighted by Crippen LogP contribution is 1.92. The normalized spacial score (nSPS) is 13.0. The van der Waals surface area contributed by atoms with Gasteiger partial charge in [0.25, 0.3) is 0 Å². The average molecular weight is 259 g/mol. The highest BCUT2D eigenvalue weighted by Gasteiger charge is 1.99. The lowest BCUT2D eigenvalue weighted by Gasteiger charge is -2.03. The third-order valence-electron chi connectivity index (χ3n) is 1.39. The molecule has 1 rings (SSSR count). The van der Waals surface area contributed by atoms with E-state index in [1.54, 1.807) is 6.20 Å². The molecule has 1 atom stereocenters. The largest absolute Gasteiger partial charge is 0.393 e. The van der Waals surface area contributed by atoms with Crippen LogP contribution in [0.3, 0.4) is 0 Å². The van der Waals surface area contributed by atoms with Crippen molar-refractivity contribution in [3.63, 3.8) is 0 Å². The number of hydrogen-bond donors (Lipinski definition) is 1. The molecular formula is C9H11BrN2O2. The molecule has 0 aromatic carbocycles. The summed E-state index contributed by atoms with van der Waals surface area (Å²) in [6, 6.07) is 5.50. The minimum atomic E-state index is -0.532. The van der Waals surface area contributed by atoms with Crippen LogP contribution in [-0.4, -0.2) is 34.3 Å². The fourth-order valence-electron chi connectivity index (χ4n) is 0.717. The van der Waals surface area contributed by atoms with Crippen molar-refractivity contribution in [1.29, 1.82) is 0 Å². The summed E-state index contributed by atoms with van der Waals surface area (Å²) >= 11 is 3.12. The van der Waals surface area contributed by atoms with E-state index >= 15 is 0 Å². The zero-order chi connectivity index (χ0) is 10.2. The second-order valence-electron chi connectivity index (χ2n) is 2.59. The van der Waals surface area contributed by atoms with Crippen molar-refractivity contribution in [2.24, 2.45) is 5.16 Å². The second kappa shape index (κ2) is 6.50. The predicted molar refractivity (Wildman–Crippen MR) is 57.6 cm³/mol. The van der Waals surface area contributed by atoms with Crippen molar-refractivity contribution in [2.75, 3.05) is 11.9 Å². The Balaban J connectivity index is 2.28. The van der Waals surface area contributed by atoms with E-state index in [1.165, 1.54) is 6.21 Å². The smallest absolute Gasteiger partial charge is 0.143 e. The Kier molecular flexibility index (Phi) is 5.17. The SMILES string of the molecule is OC(CBr)CO/N=C/c1ccccn1. The molecule has 1 heterocycles. The first kappa shape index (κ1) is 11.1. The summed E-state index contributed by atoms with van der Waals surface area (Å²) in [5.41, 5.74) is 0.723. The first-order valence-corrected chi connectivity index (χ1v) is 5.25. The number of halogens is 1. The summed E-state index contributed by atoms with van der Waals surface area (Å²) in [5, 5.41) is 13.2. The van der Waals surface area contributed by atoms with Crippen LogP contribution in [0.2, 0.25) is 0 Å². The first-order valence-electron chi connectivity index (χ1n) is 4.13. The van der Waals surface area contributed by atoms with Crippen molar-refractivity contribution in [3.8, 4) is 0 Å². The number of hydrogen-bond acceptors (Lipinski definition) is 4. The standard InChI is InChI=1S/C9H11BrN2O2/c10-5-9(13)7-14-12-6-8-3-1-2-4-11-8/h1-4,6,9,13H,5,7H2/b12-6+. The van der Waals surface area contributed by atoms with Crippen LogP contribution in [0.4, 0.5) is 0 Å². The molecule has 0 saturated carbocycles. The fraction of sp³-hybridized carbons (Fsp3) is 0.333. The van der Waals surface area contributed by atoms with Gasteiger partial charge in [-0.2, -0.15) is 0 Å². The van der Waals surface area contributed by atoms with E-state index in [-0.39, 0.29) is 6.61 Å². The van der Waals surface area contributed by atoms with Gasteiger partial charge in [0.05, 0.1) is 11.9 Å². The summed E-state index contributed by atoms with van der Waals surface area (Å²) in [6.45, 7) is 0.175. The molecule has 1 aromatic rings. The highest BCUT2D eigenvalue weighted by atomic mass is 79.9. The zero-order valence-corrected chi connectivity index (χ0v) is 9.09. The fourth-order valence-corrected chi connectivity index (χ4v) is 0.904. The number of pyridine rings is 1. The van der Waals surface area contributed by atoms with Crippen LogP contribution in [0.5, 0.6) is 0 Å². The van der Waals surface area contributed by atoms with Crippen LogP contribution in [0, 0.1) is 0 Å². The predicted octanol–water partition coefficient (Wildman–Crippen LogP) is 1.19. The van der Waals surface area contributed by atoms with E-state index in [1.807, 2.05) is 18.2 Å². The molecule has 0 aliphatic rings. The molecule has 4 nitrogen and oxygen atoms in total. The highest BCUT2D eigenvalue weighted by molar-refractivity contribution is 9.09. The maximum atomic E-state index is 9.09. The third-order valence-corrected chi connectivity index (χ3v) is 2.14. The van der Waals surface area contributed by atoms with Crippen molar-refractivity contribution in [3.05, 3.63) is 30.1 Å². The monoisotopic (exact) mass is 258 g/mol. The van der Waals surface area contributed by atoms with Gasteiger partial charge in [0.2, 0.25) is 0 Å². The molecule has 0 aliphatic heterocycles. The molecule has 0 spiro atoms. The summed E-state index contributed by atoms with van der Waals surface area (Å²) in [5.74, 6) is 0. The van der Waals surface area contributed by atoms with Crippen LogP contribution in [0.15, 0.2) is 29.6 Å². The van der Waals surface area contributed by atoms with E-state index in [2.05, 4.69) is 26.1 Å². The minimum Gasteiger partial charge on any atom is -0.393 e. The summed E-state index contributed by atoms with van der Waals surface area (Å²) < 4.78 is 0. The number of oxime groups is 1. The number of aliphatic hydroxyl groups is 1. The van der Waals surface area contributed by atoms with Gasteiger partial charge in [-0.15, -0.1) is 0 Å². The number of alkyl halides is 1. The number of aromatic nitrogens is 1.